The molecular formula is C20H26N4O3. The molecule has 0 saturated carbocycles. The van der Waals surface area contributed by atoms with E-state index in [1.54, 1.807) is 38.5 Å². The van der Waals surface area contributed by atoms with Crippen molar-refractivity contribution in [3.63, 3.8) is 0 Å². The molecule has 1 N–H and O–H groups in total. The van der Waals surface area contributed by atoms with Crippen LogP contribution in [0.4, 0.5) is 11.6 Å². The predicted octanol–water partition coefficient (Wildman–Crippen LogP) is 3.29. The molecule has 0 aliphatic carbocycles. The van der Waals surface area contributed by atoms with Gasteiger partial charge in [0.05, 0.1) is 19.9 Å². The van der Waals surface area contributed by atoms with E-state index in [0.717, 1.165) is 37.5 Å². The number of carbonyl (C=O) groups is 1. The smallest absolute Gasteiger partial charge is 0.274 e. The number of amides is 1. The van der Waals surface area contributed by atoms with Crippen LogP contribution in [-0.4, -0.2) is 43.2 Å². The molecule has 7 heteroatoms. The highest BCUT2D eigenvalue weighted by atomic mass is 16.5. The largest absolute Gasteiger partial charge is 0.497 e. The Balaban J connectivity index is 1.81. The Labute approximate surface area is 159 Å². The first-order chi connectivity index (χ1) is 13.0. The van der Waals surface area contributed by atoms with Crippen molar-refractivity contribution >= 4 is 17.5 Å². The highest BCUT2D eigenvalue weighted by molar-refractivity contribution is 6.04. The van der Waals surface area contributed by atoms with E-state index in [1.165, 1.54) is 0 Å². The first kappa shape index (κ1) is 18.9. The molecule has 0 spiro atoms. The summed E-state index contributed by atoms with van der Waals surface area (Å²) in [4.78, 5) is 23.9. The fourth-order valence-electron chi connectivity index (χ4n) is 3.11. The molecule has 1 aromatic carbocycles. The van der Waals surface area contributed by atoms with Crippen molar-refractivity contribution in [2.24, 2.45) is 5.92 Å². The van der Waals surface area contributed by atoms with Crippen LogP contribution in [0.25, 0.3) is 0 Å². The van der Waals surface area contributed by atoms with Crippen LogP contribution in [0.1, 0.15) is 35.9 Å². The van der Waals surface area contributed by atoms with Crippen molar-refractivity contribution in [1.82, 2.24) is 9.97 Å². The summed E-state index contributed by atoms with van der Waals surface area (Å²) >= 11 is 0. The Morgan fingerprint density at radius 2 is 1.89 bits per heavy atom. The molecule has 1 amide bonds. The maximum atomic E-state index is 12.8. The lowest BCUT2D eigenvalue weighted by atomic mass is 10.00. The second-order valence-electron chi connectivity index (χ2n) is 6.88. The van der Waals surface area contributed by atoms with Gasteiger partial charge in [0.25, 0.3) is 5.91 Å². The number of anilines is 2. The van der Waals surface area contributed by atoms with Crippen LogP contribution in [0.2, 0.25) is 0 Å². The van der Waals surface area contributed by atoms with Gasteiger partial charge in [0.1, 0.15) is 17.2 Å². The summed E-state index contributed by atoms with van der Waals surface area (Å²) < 4.78 is 10.5. The number of carbonyl (C=O) groups excluding carboxylic acids is 1. The number of benzene rings is 1. The molecule has 1 saturated heterocycles. The van der Waals surface area contributed by atoms with Gasteiger partial charge < -0.3 is 19.7 Å². The first-order valence-corrected chi connectivity index (χ1v) is 9.14. The lowest BCUT2D eigenvalue weighted by molar-refractivity contribution is 0.102. The molecule has 7 nitrogen and oxygen atoms in total. The maximum absolute atomic E-state index is 12.8. The number of nitrogens with zero attached hydrogens (tertiary/aromatic N) is 3. The zero-order valence-corrected chi connectivity index (χ0v) is 16.3. The lowest BCUT2D eigenvalue weighted by Crippen LogP contribution is -2.34. The molecule has 1 aliphatic rings. The Morgan fingerprint density at radius 3 is 2.56 bits per heavy atom. The third-order valence-electron chi connectivity index (χ3n) is 4.80. The minimum Gasteiger partial charge on any atom is -0.497 e. The molecule has 144 valence electrons. The summed E-state index contributed by atoms with van der Waals surface area (Å²) in [7, 11) is 3.13. The number of methoxy groups -OCH3 is 2. The fourth-order valence-corrected chi connectivity index (χ4v) is 3.11. The average Bonchev–Trinajstić information content (AvgIpc) is 2.68. The number of aryl methyl sites for hydroxylation is 1. The van der Waals surface area contributed by atoms with Crippen molar-refractivity contribution in [3.8, 4) is 11.5 Å². The number of rotatable bonds is 5. The minimum absolute atomic E-state index is 0.296. The van der Waals surface area contributed by atoms with Crippen LogP contribution in [0.5, 0.6) is 11.5 Å². The molecule has 2 heterocycles. The normalized spacial score (nSPS) is 14.7. The second-order valence-corrected chi connectivity index (χ2v) is 6.88. The topological polar surface area (TPSA) is 76.6 Å². The summed E-state index contributed by atoms with van der Waals surface area (Å²) in [5.41, 5.74) is 1.67. The predicted molar refractivity (Wildman–Crippen MR) is 105 cm³/mol. The monoisotopic (exact) mass is 370 g/mol. The SMILES string of the molecule is COc1ccc(NC(=O)c2cc(C)nc(N3CCC(C)CC3)n2)c(OC)c1. The van der Waals surface area contributed by atoms with Crippen molar-refractivity contribution in [2.75, 3.05) is 37.5 Å². The standard InChI is InChI=1S/C20H26N4O3/c1-13-7-9-24(10-8-13)20-21-14(2)11-17(23-20)19(25)22-16-6-5-15(26-3)12-18(16)27-4/h5-6,11-13H,7-10H2,1-4H3,(H,22,25). The molecular weight excluding hydrogens is 344 g/mol. The van der Waals surface area contributed by atoms with Gasteiger partial charge in [-0.1, -0.05) is 6.92 Å². The average molecular weight is 370 g/mol. The molecule has 1 fully saturated rings. The summed E-state index contributed by atoms with van der Waals surface area (Å²) in [5.74, 6) is 2.23. The van der Waals surface area contributed by atoms with E-state index in [4.69, 9.17) is 9.47 Å². The number of ether oxygens (including phenoxy) is 2. The molecule has 1 aliphatic heterocycles. The quantitative estimate of drug-likeness (QED) is 0.870. The van der Waals surface area contributed by atoms with E-state index in [-0.39, 0.29) is 5.91 Å². The molecule has 27 heavy (non-hydrogen) atoms. The minimum atomic E-state index is -0.296. The highest BCUT2D eigenvalue weighted by Gasteiger charge is 2.20. The molecule has 3 rings (SSSR count). The van der Waals surface area contributed by atoms with Gasteiger partial charge in [0, 0.05) is 24.8 Å². The second kappa shape index (κ2) is 8.24. The van der Waals surface area contributed by atoms with E-state index in [2.05, 4.69) is 27.1 Å². The Hall–Kier alpha value is -2.83. The summed E-state index contributed by atoms with van der Waals surface area (Å²) in [6.07, 6.45) is 2.23. The van der Waals surface area contributed by atoms with Crippen LogP contribution in [0, 0.1) is 12.8 Å². The molecule has 0 bridgehead atoms. The number of aromatic nitrogens is 2. The van der Waals surface area contributed by atoms with Crippen LogP contribution < -0.4 is 19.7 Å². The van der Waals surface area contributed by atoms with Gasteiger partial charge in [0.2, 0.25) is 5.95 Å². The van der Waals surface area contributed by atoms with Gasteiger partial charge in [-0.05, 0) is 43.9 Å². The van der Waals surface area contributed by atoms with Gasteiger partial charge in [-0.2, -0.15) is 0 Å². The molecule has 2 aromatic rings. The summed E-state index contributed by atoms with van der Waals surface area (Å²) in [6.45, 7) is 5.97. The van der Waals surface area contributed by atoms with Crippen LogP contribution in [0.15, 0.2) is 24.3 Å². The number of hydrogen-bond acceptors (Lipinski definition) is 6. The van der Waals surface area contributed by atoms with Crippen molar-refractivity contribution in [1.29, 1.82) is 0 Å². The van der Waals surface area contributed by atoms with Crippen molar-refractivity contribution < 1.29 is 14.3 Å². The Kier molecular flexibility index (Phi) is 5.78. The Bertz CT molecular complexity index is 817. The van der Waals surface area contributed by atoms with Crippen molar-refractivity contribution in [3.05, 3.63) is 35.7 Å². The number of hydrogen-bond donors (Lipinski definition) is 1. The zero-order chi connectivity index (χ0) is 19.4. The highest BCUT2D eigenvalue weighted by Crippen LogP contribution is 2.29. The number of nitrogens with one attached hydrogen (secondary N) is 1. The van der Waals surface area contributed by atoms with Gasteiger partial charge in [-0.15, -0.1) is 0 Å². The van der Waals surface area contributed by atoms with Crippen LogP contribution in [0.3, 0.4) is 0 Å². The third-order valence-corrected chi connectivity index (χ3v) is 4.80. The first-order valence-electron chi connectivity index (χ1n) is 9.14. The maximum Gasteiger partial charge on any atom is 0.274 e. The lowest BCUT2D eigenvalue weighted by Gasteiger charge is -2.30. The van der Waals surface area contributed by atoms with Gasteiger partial charge in [-0.25, -0.2) is 9.97 Å². The molecule has 0 atom stereocenters. The van der Waals surface area contributed by atoms with Gasteiger partial charge in [0.15, 0.2) is 0 Å². The van der Waals surface area contributed by atoms with E-state index in [0.29, 0.717) is 28.8 Å². The van der Waals surface area contributed by atoms with E-state index >= 15 is 0 Å². The summed E-state index contributed by atoms with van der Waals surface area (Å²) in [6, 6.07) is 6.93. The van der Waals surface area contributed by atoms with Gasteiger partial charge in [-0.3, -0.25) is 4.79 Å². The van der Waals surface area contributed by atoms with E-state index in [1.807, 2.05) is 6.92 Å². The third kappa shape index (κ3) is 4.48. The van der Waals surface area contributed by atoms with Gasteiger partial charge >= 0.3 is 0 Å². The Morgan fingerprint density at radius 1 is 1.15 bits per heavy atom. The fraction of sp³-hybridized carbons (Fsp3) is 0.450. The van der Waals surface area contributed by atoms with Crippen molar-refractivity contribution in [2.45, 2.75) is 26.7 Å². The zero-order valence-electron chi connectivity index (χ0n) is 16.3. The van der Waals surface area contributed by atoms with E-state index in [9.17, 15) is 4.79 Å². The number of piperidine rings is 1. The molecule has 0 radical (unpaired) electrons. The van der Waals surface area contributed by atoms with Crippen LogP contribution >= 0.6 is 0 Å². The molecule has 0 unspecified atom stereocenters. The van der Waals surface area contributed by atoms with E-state index < -0.39 is 0 Å². The summed E-state index contributed by atoms with van der Waals surface area (Å²) in [5, 5.41) is 2.87. The molecule has 1 aromatic heterocycles. The van der Waals surface area contributed by atoms with Crippen LogP contribution in [-0.2, 0) is 0 Å².